The molecule has 46 heavy (non-hydrogen) atoms. The molecule has 2 saturated heterocycles. The Balaban J connectivity index is 1.11. The predicted molar refractivity (Wildman–Crippen MR) is 174 cm³/mol. The number of carbonyl (C=O) groups is 2. The number of H-pyrrole nitrogens is 2. The van der Waals surface area contributed by atoms with Gasteiger partial charge in [-0.2, -0.15) is 0 Å². The Bertz CT molecular complexity index is 1510. The SMILES string of the molecule is COC[C@H](N)C(=O)N1CCCC1c1ncc(-c2ccc(-c3ccc(-c4cnc(C5CCCN5C(=O)[C@@H](N)COC)[nH]4)cc3)cc2)[nH]1. The Labute approximate surface area is 268 Å². The van der Waals surface area contributed by atoms with Crippen LogP contribution in [0.1, 0.15) is 49.4 Å². The summed E-state index contributed by atoms with van der Waals surface area (Å²) >= 11 is 0. The number of rotatable bonds is 11. The molecule has 2 aromatic carbocycles. The summed E-state index contributed by atoms with van der Waals surface area (Å²) in [5, 5.41) is 0. The summed E-state index contributed by atoms with van der Waals surface area (Å²) in [5.74, 6) is 1.33. The van der Waals surface area contributed by atoms with Crippen molar-refractivity contribution in [2.75, 3.05) is 40.5 Å². The fraction of sp³-hybridized carbons (Fsp3) is 0.412. The molecule has 0 spiro atoms. The van der Waals surface area contributed by atoms with Gasteiger partial charge in [0.1, 0.15) is 23.7 Å². The molecular formula is C34H42N8O4. The molecule has 2 amide bonds. The highest BCUT2D eigenvalue weighted by molar-refractivity contribution is 5.83. The third kappa shape index (κ3) is 6.47. The van der Waals surface area contributed by atoms with Crippen molar-refractivity contribution in [1.29, 1.82) is 0 Å². The molecule has 2 aliphatic rings. The molecule has 12 heteroatoms. The van der Waals surface area contributed by atoms with Crippen LogP contribution in [0, 0.1) is 0 Å². The van der Waals surface area contributed by atoms with Gasteiger partial charge < -0.3 is 40.7 Å². The van der Waals surface area contributed by atoms with Gasteiger partial charge in [-0.25, -0.2) is 9.97 Å². The standard InChI is InChI=1S/C34H42N8O4/c1-45-19-25(35)33(43)41-15-3-5-29(41)31-37-17-27(39-31)23-11-7-21(8-12-23)22-9-13-24(14-10-22)28-18-38-32(40-28)30-6-4-16-42(30)34(44)26(36)20-46-2/h7-14,17-18,25-26,29-30H,3-6,15-16,19-20,35-36H2,1-2H3,(H,37,39)(H,38,40)/t25-,26-,29?,30?/m0/s1. The summed E-state index contributed by atoms with van der Waals surface area (Å²) in [6, 6.07) is 15.1. The number of aromatic amines is 2. The van der Waals surface area contributed by atoms with Crippen molar-refractivity contribution in [2.24, 2.45) is 11.5 Å². The molecule has 2 aromatic heterocycles. The van der Waals surface area contributed by atoms with Crippen LogP contribution in [0.3, 0.4) is 0 Å². The smallest absolute Gasteiger partial charge is 0.242 e. The lowest BCUT2D eigenvalue weighted by Crippen LogP contribution is -2.45. The number of hydrogen-bond donors (Lipinski definition) is 4. The Hall–Kier alpha value is -4.36. The minimum atomic E-state index is -0.676. The van der Waals surface area contributed by atoms with E-state index in [0.29, 0.717) is 13.1 Å². The van der Waals surface area contributed by atoms with Crippen LogP contribution >= 0.6 is 0 Å². The summed E-state index contributed by atoms with van der Waals surface area (Å²) in [7, 11) is 3.09. The van der Waals surface area contributed by atoms with E-state index in [1.54, 1.807) is 14.2 Å². The molecule has 4 aromatic rings. The second-order valence-electron chi connectivity index (χ2n) is 12.0. The first-order valence-electron chi connectivity index (χ1n) is 15.8. The lowest BCUT2D eigenvalue weighted by atomic mass is 10.0. The summed E-state index contributed by atoms with van der Waals surface area (Å²) in [6.45, 7) is 1.71. The van der Waals surface area contributed by atoms with Crippen LogP contribution in [0.25, 0.3) is 33.6 Å². The zero-order valence-corrected chi connectivity index (χ0v) is 26.3. The topological polar surface area (TPSA) is 168 Å². The van der Waals surface area contributed by atoms with E-state index in [1.807, 2.05) is 22.2 Å². The number of amides is 2. The second kappa shape index (κ2) is 14.0. The van der Waals surface area contributed by atoms with Gasteiger partial charge in [0.15, 0.2) is 0 Å². The largest absolute Gasteiger partial charge is 0.383 e. The average Bonchev–Trinajstić information content (AvgIpc) is 3.90. The number of ether oxygens (including phenoxy) is 2. The van der Waals surface area contributed by atoms with Gasteiger partial charge in [-0.05, 0) is 47.9 Å². The van der Waals surface area contributed by atoms with Gasteiger partial charge in [0.25, 0.3) is 0 Å². The average molecular weight is 627 g/mol. The van der Waals surface area contributed by atoms with E-state index in [0.717, 1.165) is 71.0 Å². The van der Waals surface area contributed by atoms with E-state index < -0.39 is 12.1 Å². The number of nitrogens with zero attached hydrogens (tertiary/aromatic N) is 4. The first-order chi connectivity index (χ1) is 22.4. The maximum absolute atomic E-state index is 12.9. The molecule has 4 heterocycles. The van der Waals surface area contributed by atoms with Crippen molar-refractivity contribution in [3.63, 3.8) is 0 Å². The van der Waals surface area contributed by atoms with Crippen LogP contribution in [0.5, 0.6) is 0 Å². The van der Waals surface area contributed by atoms with Gasteiger partial charge in [0.2, 0.25) is 11.8 Å². The van der Waals surface area contributed by atoms with Crippen LogP contribution in [0.4, 0.5) is 0 Å². The molecular weight excluding hydrogens is 584 g/mol. The molecule has 0 saturated carbocycles. The molecule has 0 radical (unpaired) electrons. The van der Waals surface area contributed by atoms with Crippen molar-refractivity contribution in [3.05, 3.63) is 72.6 Å². The maximum Gasteiger partial charge on any atom is 0.242 e. The van der Waals surface area contributed by atoms with Crippen molar-refractivity contribution in [2.45, 2.75) is 49.9 Å². The number of methoxy groups -OCH3 is 2. The van der Waals surface area contributed by atoms with Crippen LogP contribution in [-0.2, 0) is 19.1 Å². The lowest BCUT2D eigenvalue weighted by Gasteiger charge is -2.26. The van der Waals surface area contributed by atoms with E-state index in [9.17, 15) is 9.59 Å². The van der Waals surface area contributed by atoms with Crippen molar-refractivity contribution in [3.8, 4) is 33.6 Å². The normalized spacial score (nSPS) is 19.5. The fourth-order valence-corrected chi connectivity index (χ4v) is 6.55. The molecule has 0 bridgehead atoms. The number of nitrogens with one attached hydrogen (secondary N) is 2. The molecule has 4 atom stereocenters. The molecule has 2 unspecified atom stereocenters. The fourth-order valence-electron chi connectivity index (χ4n) is 6.55. The Morgan fingerprint density at radius 3 is 1.46 bits per heavy atom. The van der Waals surface area contributed by atoms with Gasteiger partial charge in [0, 0.05) is 27.3 Å². The molecule has 12 nitrogen and oxygen atoms in total. The lowest BCUT2D eigenvalue weighted by molar-refractivity contribution is -0.135. The number of hydrogen-bond acceptors (Lipinski definition) is 8. The molecule has 6 N–H and O–H groups in total. The van der Waals surface area contributed by atoms with E-state index in [-0.39, 0.29) is 37.1 Å². The third-order valence-electron chi connectivity index (χ3n) is 8.95. The van der Waals surface area contributed by atoms with Gasteiger partial charge in [-0.3, -0.25) is 9.59 Å². The van der Waals surface area contributed by atoms with Gasteiger partial charge in [-0.15, -0.1) is 0 Å². The quantitative estimate of drug-likeness (QED) is 0.196. The van der Waals surface area contributed by atoms with Crippen molar-refractivity contribution < 1.29 is 19.1 Å². The molecule has 242 valence electrons. The highest BCUT2D eigenvalue weighted by Gasteiger charge is 2.35. The number of imidazole rings is 2. The third-order valence-corrected chi connectivity index (χ3v) is 8.95. The van der Waals surface area contributed by atoms with Crippen LogP contribution in [-0.4, -0.2) is 94.2 Å². The maximum atomic E-state index is 12.9. The van der Waals surface area contributed by atoms with Gasteiger partial charge in [0.05, 0.1) is 49.1 Å². The van der Waals surface area contributed by atoms with Crippen molar-refractivity contribution in [1.82, 2.24) is 29.7 Å². The number of benzene rings is 2. The van der Waals surface area contributed by atoms with Crippen LogP contribution < -0.4 is 11.5 Å². The highest BCUT2D eigenvalue weighted by Crippen LogP contribution is 2.34. The van der Waals surface area contributed by atoms with E-state index >= 15 is 0 Å². The first kappa shape index (κ1) is 31.6. The Morgan fingerprint density at radius 1 is 0.717 bits per heavy atom. The van der Waals surface area contributed by atoms with Crippen molar-refractivity contribution >= 4 is 11.8 Å². The number of nitrogens with two attached hydrogens (primary N) is 2. The second-order valence-corrected chi connectivity index (χ2v) is 12.0. The summed E-state index contributed by atoms with van der Waals surface area (Å²) in [5.41, 5.74) is 18.1. The number of carbonyl (C=O) groups excluding carboxylic acids is 2. The molecule has 2 aliphatic heterocycles. The summed E-state index contributed by atoms with van der Waals surface area (Å²) in [4.78, 5) is 45.5. The summed E-state index contributed by atoms with van der Waals surface area (Å²) < 4.78 is 10.2. The first-order valence-corrected chi connectivity index (χ1v) is 15.8. The van der Waals surface area contributed by atoms with E-state index in [4.69, 9.17) is 20.9 Å². The minimum Gasteiger partial charge on any atom is -0.383 e. The zero-order chi connectivity index (χ0) is 32.2. The van der Waals surface area contributed by atoms with Gasteiger partial charge in [-0.1, -0.05) is 48.5 Å². The van der Waals surface area contributed by atoms with Gasteiger partial charge >= 0.3 is 0 Å². The Kier molecular flexibility index (Phi) is 9.59. The molecule has 0 aliphatic carbocycles. The highest BCUT2D eigenvalue weighted by atomic mass is 16.5. The predicted octanol–water partition coefficient (Wildman–Crippen LogP) is 3.41. The minimum absolute atomic E-state index is 0.110. The molecule has 2 fully saturated rings. The monoisotopic (exact) mass is 626 g/mol. The van der Waals surface area contributed by atoms with E-state index in [2.05, 4.69) is 68.5 Å². The number of likely N-dealkylation sites (tertiary alicyclic amines) is 2. The Morgan fingerprint density at radius 2 is 1.09 bits per heavy atom. The van der Waals surface area contributed by atoms with E-state index in [1.165, 1.54) is 0 Å². The summed E-state index contributed by atoms with van der Waals surface area (Å²) in [6.07, 6.45) is 7.15. The molecule has 6 rings (SSSR count). The number of aromatic nitrogens is 4. The zero-order valence-electron chi connectivity index (χ0n) is 26.3. The van der Waals surface area contributed by atoms with Crippen LogP contribution in [0.2, 0.25) is 0 Å². The van der Waals surface area contributed by atoms with Crippen LogP contribution in [0.15, 0.2) is 60.9 Å².